The lowest BCUT2D eigenvalue weighted by atomic mass is 9.73. The zero-order valence-electron chi connectivity index (χ0n) is 39.0. The lowest BCUT2D eigenvalue weighted by Crippen LogP contribution is -2.52. The molecule has 0 radical (unpaired) electrons. The number of carbonyl (C=O) groups is 4. The van der Waals surface area contributed by atoms with E-state index in [0.29, 0.717) is 43.8 Å². The second-order valence-electron chi connectivity index (χ2n) is 19.5. The quantitative estimate of drug-likeness (QED) is 0.102. The van der Waals surface area contributed by atoms with Crippen molar-refractivity contribution in [3.8, 4) is 33.5 Å². The van der Waals surface area contributed by atoms with Crippen LogP contribution in [0.3, 0.4) is 0 Å². The number of nitrogens with zero attached hydrogens (tertiary/aromatic N) is 4. The summed E-state index contributed by atoms with van der Waals surface area (Å²) in [5.41, 5.74) is 11.3. The third-order valence-electron chi connectivity index (χ3n) is 14.9. The molecule has 5 aromatic rings. The number of hydrogen-bond acceptors (Lipinski definition) is 10. The normalized spacial score (nSPS) is 22.5. The summed E-state index contributed by atoms with van der Waals surface area (Å²) < 4.78 is 21.8. The Balaban J connectivity index is 0.896. The number of aromatic amines is 2. The third-order valence-corrected chi connectivity index (χ3v) is 14.9. The van der Waals surface area contributed by atoms with E-state index >= 15 is 0 Å². The van der Waals surface area contributed by atoms with Crippen molar-refractivity contribution in [1.82, 2.24) is 40.4 Å². The Labute approximate surface area is 389 Å². The standard InChI is InChI=1S/C51H60N8O8/c1-27(2)43(56-49(62)64-5)47(60)58-19-7-8-40(58)46-53-37-18-14-32(23-38(37)54-46)33-16-17-34(42-35-15-13-31(35)22-36(33)42)29-9-11-30(12-10-29)39-25-52-45(55-39)41-24-51(66-20-21-67-51)26-59(41)48(61)44(28(3)4)57-50(63)65-6/h9-12,14,16-18,23,25,27-28,31,35,40-41,43-44H,7-8,13,15,19-22,24,26H2,1-6H3,(H,52,55)(H,53,54)(H,56,62)(H,57,63). The highest BCUT2D eigenvalue weighted by Gasteiger charge is 2.53. The molecule has 0 bridgehead atoms. The van der Waals surface area contributed by atoms with Gasteiger partial charge in [0.05, 0.1) is 69.0 Å². The fraction of sp³-hybridized carbons (Fsp3) is 0.490. The number of amides is 4. The minimum atomic E-state index is -0.933. The molecule has 6 atom stereocenters. The molecule has 3 saturated heterocycles. The van der Waals surface area contributed by atoms with Gasteiger partial charge in [-0.05, 0) is 107 Å². The van der Waals surface area contributed by atoms with Gasteiger partial charge >= 0.3 is 12.2 Å². The molecule has 4 N–H and O–H groups in total. The SMILES string of the molecule is COC(=O)NC(C(=O)N1CC2(CC1c1ncc(-c3ccc(-c4ccc(-c5ccc6nc(C7CCCN7C(=O)C(NC(=O)OC)C(C)C)[nH]c6c5)c5c4C4CCC4C5)cc3)[nH]1)OCCO2)C(C)C. The van der Waals surface area contributed by atoms with Crippen LogP contribution in [-0.2, 0) is 35.0 Å². The fourth-order valence-electron chi connectivity index (χ4n) is 11.2. The minimum absolute atomic E-state index is 0.111. The molecular formula is C51H60N8O8. The van der Waals surface area contributed by atoms with Crippen molar-refractivity contribution in [1.29, 1.82) is 0 Å². The first kappa shape index (κ1) is 44.6. The maximum absolute atomic E-state index is 14.1. The summed E-state index contributed by atoms with van der Waals surface area (Å²) in [6.45, 7) is 9.31. The molecule has 4 amide bonds. The van der Waals surface area contributed by atoms with Crippen molar-refractivity contribution in [3.63, 3.8) is 0 Å². The van der Waals surface area contributed by atoms with Gasteiger partial charge in [0.2, 0.25) is 11.8 Å². The lowest BCUT2D eigenvalue weighted by Gasteiger charge is -2.31. The van der Waals surface area contributed by atoms with Crippen LogP contribution in [0.2, 0.25) is 0 Å². The summed E-state index contributed by atoms with van der Waals surface area (Å²) in [5.74, 6) is 0.944. The second-order valence-corrected chi connectivity index (χ2v) is 19.5. The summed E-state index contributed by atoms with van der Waals surface area (Å²) >= 11 is 0. The number of hydrogen-bond donors (Lipinski definition) is 4. The highest BCUT2D eigenvalue weighted by molar-refractivity contribution is 5.89. The predicted molar refractivity (Wildman–Crippen MR) is 249 cm³/mol. The van der Waals surface area contributed by atoms with Crippen LogP contribution in [0.15, 0.2) is 60.8 Å². The zero-order valence-corrected chi connectivity index (χ0v) is 39.0. The van der Waals surface area contributed by atoms with Crippen molar-refractivity contribution < 1.29 is 38.1 Å². The van der Waals surface area contributed by atoms with Crippen LogP contribution in [-0.4, -0.2) is 112 Å². The summed E-state index contributed by atoms with van der Waals surface area (Å²) in [7, 11) is 2.59. The van der Waals surface area contributed by atoms with E-state index in [2.05, 4.69) is 75.2 Å². The number of rotatable bonds is 11. The maximum Gasteiger partial charge on any atom is 0.407 e. The van der Waals surface area contributed by atoms with Gasteiger partial charge in [-0.15, -0.1) is 0 Å². The summed E-state index contributed by atoms with van der Waals surface area (Å²) in [4.78, 5) is 72.7. The average Bonchev–Trinajstić information content (AvgIpc) is 4.19. The third kappa shape index (κ3) is 8.11. The van der Waals surface area contributed by atoms with Crippen LogP contribution in [0.25, 0.3) is 44.5 Å². The molecule has 3 aliphatic heterocycles. The Hall–Kier alpha value is -6.26. The summed E-state index contributed by atoms with van der Waals surface area (Å²) in [5, 5.41) is 5.46. The Bertz CT molecular complexity index is 2700. The number of fused-ring (bicyclic) bond motifs is 4. The van der Waals surface area contributed by atoms with Crippen molar-refractivity contribution >= 4 is 35.0 Å². The Morgan fingerprint density at radius 2 is 1.42 bits per heavy atom. The van der Waals surface area contributed by atoms with Crippen LogP contribution in [0.5, 0.6) is 0 Å². The number of H-pyrrole nitrogens is 2. The first-order valence-electron chi connectivity index (χ1n) is 23.7. The molecule has 16 heteroatoms. The molecule has 5 heterocycles. The van der Waals surface area contributed by atoms with Crippen LogP contribution in [0.1, 0.15) is 101 Å². The van der Waals surface area contributed by atoms with Crippen molar-refractivity contribution in [3.05, 3.63) is 83.6 Å². The van der Waals surface area contributed by atoms with E-state index in [9.17, 15) is 19.2 Å². The van der Waals surface area contributed by atoms with Gasteiger partial charge in [0.25, 0.3) is 0 Å². The number of carbonyl (C=O) groups excluding carboxylic acids is 4. The van der Waals surface area contributed by atoms with Crippen LogP contribution in [0.4, 0.5) is 9.59 Å². The fourth-order valence-corrected chi connectivity index (χ4v) is 11.2. The Kier molecular flexibility index (Phi) is 11.8. The van der Waals surface area contributed by atoms with Gasteiger partial charge < -0.3 is 49.3 Å². The number of aromatic nitrogens is 4. The van der Waals surface area contributed by atoms with Gasteiger partial charge in [0.15, 0.2) is 5.79 Å². The summed E-state index contributed by atoms with van der Waals surface area (Å²) in [6, 6.07) is 17.4. The van der Waals surface area contributed by atoms with Crippen molar-refractivity contribution in [2.45, 2.75) is 102 Å². The molecule has 16 nitrogen and oxygen atoms in total. The summed E-state index contributed by atoms with van der Waals surface area (Å²) in [6.07, 6.45) is 6.04. The lowest BCUT2D eigenvalue weighted by molar-refractivity contribution is -0.153. The molecule has 3 aromatic carbocycles. The van der Waals surface area contributed by atoms with Gasteiger partial charge in [-0.3, -0.25) is 9.59 Å². The van der Waals surface area contributed by atoms with Gasteiger partial charge in [0, 0.05) is 13.0 Å². The van der Waals surface area contributed by atoms with E-state index in [0.717, 1.165) is 58.5 Å². The molecule has 2 aliphatic carbocycles. The van der Waals surface area contributed by atoms with Gasteiger partial charge in [0.1, 0.15) is 23.7 Å². The largest absolute Gasteiger partial charge is 0.453 e. The van der Waals surface area contributed by atoms with Crippen molar-refractivity contribution in [2.75, 3.05) is 40.5 Å². The van der Waals surface area contributed by atoms with E-state index in [1.807, 2.05) is 38.8 Å². The van der Waals surface area contributed by atoms with Gasteiger partial charge in [-0.1, -0.05) is 70.2 Å². The predicted octanol–water partition coefficient (Wildman–Crippen LogP) is 7.78. The minimum Gasteiger partial charge on any atom is -0.453 e. The van der Waals surface area contributed by atoms with Crippen LogP contribution < -0.4 is 10.6 Å². The Morgan fingerprint density at radius 1 is 0.761 bits per heavy atom. The van der Waals surface area contributed by atoms with E-state index < -0.39 is 36.1 Å². The van der Waals surface area contributed by atoms with E-state index in [-0.39, 0.29) is 36.2 Å². The van der Waals surface area contributed by atoms with E-state index in [4.69, 9.17) is 28.9 Å². The molecule has 6 unspecified atom stereocenters. The van der Waals surface area contributed by atoms with Crippen LogP contribution >= 0.6 is 0 Å². The number of imidazole rings is 2. The molecule has 1 saturated carbocycles. The molecule has 10 rings (SSSR count). The molecule has 352 valence electrons. The topological polar surface area (TPSA) is 193 Å². The smallest absolute Gasteiger partial charge is 0.407 e. The second kappa shape index (κ2) is 17.8. The number of benzene rings is 3. The van der Waals surface area contributed by atoms with E-state index in [1.54, 1.807) is 4.90 Å². The molecule has 2 aromatic heterocycles. The van der Waals surface area contributed by atoms with E-state index in [1.165, 1.54) is 49.3 Å². The highest BCUT2D eigenvalue weighted by atomic mass is 16.7. The van der Waals surface area contributed by atoms with Crippen LogP contribution in [0, 0.1) is 17.8 Å². The maximum atomic E-state index is 14.1. The Morgan fingerprint density at radius 3 is 2.07 bits per heavy atom. The van der Waals surface area contributed by atoms with Gasteiger partial charge in [-0.2, -0.15) is 0 Å². The highest BCUT2D eigenvalue weighted by Crippen LogP contribution is 2.56. The molecule has 67 heavy (non-hydrogen) atoms. The number of nitrogens with one attached hydrogen (secondary N) is 4. The molecule has 1 spiro atoms. The number of likely N-dealkylation sites (tertiary alicyclic amines) is 2. The first-order valence-corrected chi connectivity index (χ1v) is 23.7. The number of methoxy groups -OCH3 is 2. The van der Waals surface area contributed by atoms with Crippen molar-refractivity contribution in [2.24, 2.45) is 17.8 Å². The molecular weight excluding hydrogens is 853 g/mol. The first-order chi connectivity index (χ1) is 32.3. The average molecular weight is 913 g/mol. The van der Waals surface area contributed by atoms with Gasteiger partial charge in [-0.25, -0.2) is 19.6 Å². The number of alkyl carbamates (subject to hydrolysis) is 2. The number of ether oxygens (including phenoxy) is 4. The molecule has 4 fully saturated rings. The monoisotopic (exact) mass is 912 g/mol. The zero-order chi connectivity index (χ0) is 46.7. The molecule has 5 aliphatic rings.